The predicted octanol–water partition coefficient (Wildman–Crippen LogP) is 3.74. The van der Waals surface area contributed by atoms with E-state index < -0.39 is 0 Å². The number of nitrogens with zero attached hydrogens (tertiary/aromatic N) is 4. The molecule has 3 aromatic rings. The van der Waals surface area contributed by atoms with Gasteiger partial charge in [-0.1, -0.05) is 36.9 Å². The number of benzene rings is 1. The van der Waals surface area contributed by atoms with E-state index in [0.29, 0.717) is 11.0 Å². The highest BCUT2D eigenvalue weighted by Gasteiger charge is 2.24. The molecule has 4 rings (SSSR count). The Kier molecular flexibility index (Phi) is 4.67. The zero-order valence-corrected chi connectivity index (χ0v) is 15.5. The van der Waals surface area contributed by atoms with Crippen LogP contribution in [-0.2, 0) is 4.79 Å². The molecule has 1 aliphatic rings. The molecule has 0 aliphatic carbocycles. The predicted molar refractivity (Wildman–Crippen MR) is 102 cm³/mol. The summed E-state index contributed by atoms with van der Waals surface area (Å²) in [7, 11) is 0. The van der Waals surface area contributed by atoms with Gasteiger partial charge in [0.15, 0.2) is 10.8 Å². The Bertz CT molecular complexity index is 911. The van der Waals surface area contributed by atoms with Gasteiger partial charge in [0.1, 0.15) is 0 Å². The topological polar surface area (TPSA) is 50.5 Å². The maximum absolute atomic E-state index is 12.9. The number of para-hydroxylation sites is 1. The average molecular weight is 371 g/mol. The van der Waals surface area contributed by atoms with Crippen LogP contribution in [0.5, 0.6) is 0 Å². The lowest BCUT2D eigenvalue weighted by molar-refractivity contribution is -0.116. The number of pyridine rings is 1. The lowest BCUT2D eigenvalue weighted by Crippen LogP contribution is -2.33. The summed E-state index contributed by atoms with van der Waals surface area (Å²) in [5.41, 5.74) is 1.82. The van der Waals surface area contributed by atoms with Crippen LogP contribution in [0.4, 0.5) is 5.69 Å². The van der Waals surface area contributed by atoms with E-state index in [1.807, 2.05) is 63.7 Å². The molecular weight excluding hydrogens is 352 g/mol. The maximum atomic E-state index is 12.9. The number of anilines is 1. The van der Waals surface area contributed by atoms with Gasteiger partial charge in [0, 0.05) is 22.9 Å². The van der Waals surface area contributed by atoms with Crippen LogP contribution in [0, 0.1) is 0 Å². The molecule has 0 radical (unpaired) electrons. The Morgan fingerprint density at radius 3 is 3.00 bits per heavy atom. The van der Waals surface area contributed by atoms with Crippen LogP contribution < -0.4 is 4.90 Å². The summed E-state index contributed by atoms with van der Waals surface area (Å²) in [6.45, 7) is 2.97. The molecule has 1 aromatic carbocycles. The molecule has 25 heavy (non-hydrogen) atoms. The Hall–Kier alpha value is -1.99. The van der Waals surface area contributed by atoms with Crippen LogP contribution in [0.1, 0.15) is 13.3 Å². The molecule has 0 unspecified atom stereocenters. The van der Waals surface area contributed by atoms with E-state index in [-0.39, 0.29) is 5.91 Å². The first-order chi connectivity index (χ1) is 12.2. The molecule has 0 fully saturated rings. The standard InChI is InChI=1S/C18H18N4OS2/c1-13-9-11-21(14-6-2-3-7-15(14)25-13)17(23)12-24-18-20-19-16-8-4-5-10-22(16)18/h2-8,10,13H,9,11-12H2,1H3/t13-/m0/s1. The Labute approximate surface area is 154 Å². The Balaban J connectivity index is 1.53. The summed E-state index contributed by atoms with van der Waals surface area (Å²) in [6, 6.07) is 13.9. The van der Waals surface area contributed by atoms with Crippen molar-refractivity contribution in [3.63, 3.8) is 0 Å². The minimum absolute atomic E-state index is 0.111. The molecule has 0 N–H and O–H groups in total. The van der Waals surface area contributed by atoms with E-state index in [9.17, 15) is 4.79 Å². The first-order valence-electron chi connectivity index (χ1n) is 8.21. The molecule has 7 heteroatoms. The van der Waals surface area contributed by atoms with E-state index in [0.717, 1.165) is 29.5 Å². The van der Waals surface area contributed by atoms with E-state index >= 15 is 0 Å². The van der Waals surface area contributed by atoms with Gasteiger partial charge in [0.05, 0.1) is 11.4 Å². The quantitative estimate of drug-likeness (QED) is 0.658. The third-order valence-corrected chi connectivity index (χ3v) is 6.32. The van der Waals surface area contributed by atoms with Gasteiger partial charge in [-0.3, -0.25) is 9.20 Å². The summed E-state index contributed by atoms with van der Waals surface area (Å²) in [5.74, 6) is 0.461. The van der Waals surface area contributed by atoms with Crippen LogP contribution in [0.25, 0.3) is 5.65 Å². The maximum Gasteiger partial charge on any atom is 0.237 e. The van der Waals surface area contributed by atoms with E-state index in [1.54, 1.807) is 0 Å². The Morgan fingerprint density at radius 2 is 2.08 bits per heavy atom. The molecule has 2 aromatic heterocycles. The molecular formula is C18H18N4OS2. The molecule has 0 spiro atoms. The molecule has 3 heterocycles. The second kappa shape index (κ2) is 7.09. The molecule has 0 saturated heterocycles. The molecule has 1 aliphatic heterocycles. The third kappa shape index (κ3) is 3.39. The number of thioether (sulfide) groups is 2. The van der Waals surface area contributed by atoms with Crippen LogP contribution in [0.2, 0.25) is 0 Å². The summed E-state index contributed by atoms with van der Waals surface area (Å²) < 4.78 is 1.91. The van der Waals surface area contributed by atoms with Crippen molar-refractivity contribution in [2.24, 2.45) is 0 Å². The molecule has 1 amide bonds. The summed E-state index contributed by atoms with van der Waals surface area (Å²) in [4.78, 5) is 16.0. The van der Waals surface area contributed by atoms with E-state index in [2.05, 4.69) is 23.2 Å². The largest absolute Gasteiger partial charge is 0.311 e. The fourth-order valence-corrected chi connectivity index (χ4v) is 4.78. The van der Waals surface area contributed by atoms with Gasteiger partial charge in [-0.05, 0) is 30.7 Å². The number of rotatable bonds is 3. The second-order valence-corrected chi connectivity index (χ2v) is 8.35. The lowest BCUT2D eigenvalue weighted by atomic mass is 10.2. The lowest BCUT2D eigenvalue weighted by Gasteiger charge is -2.22. The minimum Gasteiger partial charge on any atom is -0.311 e. The minimum atomic E-state index is 0.111. The number of amides is 1. The second-order valence-electron chi connectivity index (χ2n) is 5.93. The summed E-state index contributed by atoms with van der Waals surface area (Å²) in [6.07, 6.45) is 2.91. The monoisotopic (exact) mass is 370 g/mol. The zero-order chi connectivity index (χ0) is 17.2. The third-order valence-electron chi connectivity index (χ3n) is 4.15. The fourth-order valence-electron chi connectivity index (χ4n) is 2.87. The fraction of sp³-hybridized carbons (Fsp3) is 0.278. The number of hydrogen-bond acceptors (Lipinski definition) is 5. The number of carbonyl (C=O) groups excluding carboxylic acids is 1. The van der Waals surface area contributed by atoms with Gasteiger partial charge in [-0.15, -0.1) is 22.0 Å². The average Bonchev–Trinajstić information content (AvgIpc) is 2.96. The van der Waals surface area contributed by atoms with Crippen molar-refractivity contribution in [3.8, 4) is 0 Å². The molecule has 128 valence electrons. The molecule has 5 nitrogen and oxygen atoms in total. The SMILES string of the molecule is C[C@H]1CCN(C(=O)CSc2nnc3ccccn23)c2ccccc2S1. The van der Waals surface area contributed by atoms with Crippen LogP contribution in [-0.4, -0.2) is 38.1 Å². The first-order valence-corrected chi connectivity index (χ1v) is 10.1. The van der Waals surface area contributed by atoms with Crippen LogP contribution >= 0.6 is 23.5 Å². The van der Waals surface area contributed by atoms with Gasteiger partial charge in [0.2, 0.25) is 5.91 Å². The van der Waals surface area contributed by atoms with Gasteiger partial charge in [0.25, 0.3) is 0 Å². The number of aromatic nitrogens is 3. The van der Waals surface area contributed by atoms with Crippen molar-refractivity contribution in [2.45, 2.75) is 28.6 Å². The van der Waals surface area contributed by atoms with E-state index in [1.165, 1.54) is 16.7 Å². The van der Waals surface area contributed by atoms with Gasteiger partial charge >= 0.3 is 0 Å². The van der Waals surface area contributed by atoms with E-state index in [4.69, 9.17) is 0 Å². The summed E-state index contributed by atoms with van der Waals surface area (Å²) in [5, 5.41) is 9.57. The highest BCUT2D eigenvalue weighted by atomic mass is 32.2. The molecule has 0 bridgehead atoms. The first kappa shape index (κ1) is 16.5. The van der Waals surface area contributed by atoms with Crippen LogP contribution in [0.3, 0.4) is 0 Å². The van der Waals surface area contributed by atoms with Gasteiger partial charge in [-0.2, -0.15) is 0 Å². The van der Waals surface area contributed by atoms with Crippen molar-refractivity contribution in [1.82, 2.24) is 14.6 Å². The molecule has 1 atom stereocenters. The van der Waals surface area contributed by atoms with Crippen molar-refractivity contribution in [1.29, 1.82) is 0 Å². The van der Waals surface area contributed by atoms with Crippen LogP contribution in [0.15, 0.2) is 58.7 Å². The Morgan fingerprint density at radius 1 is 1.24 bits per heavy atom. The van der Waals surface area contributed by atoms with Crippen molar-refractivity contribution in [2.75, 3.05) is 17.2 Å². The van der Waals surface area contributed by atoms with Crippen molar-refractivity contribution < 1.29 is 4.79 Å². The van der Waals surface area contributed by atoms with Crippen molar-refractivity contribution in [3.05, 3.63) is 48.7 Å². The number of carbonyl (C=O) groups is 1. The molecule has 0 saturated carbocycles. The number of hydrogen-bond donors (Lipinski definition) is 0. The van der Waals surface area contributed by atoms with Gasteiger partial charge < -0.3 is 4.90 Å². The highest BCUT2D eigenvalue weighted by molar-refractivity contribution is 8.00. The number of fused-ring (bicyclic) bond motifs is 2. The normalized spacial score (nSPS) is 17.3. The van der Waals surface area contributed by atoms with Gasteiger partial charge in [-0.25, -0.2) is 0 Å². The highest BCUT2D eigenvalue weighted by Crippen LogP contribution is 2.37. The smallest absolute Gasteiger partial charge is 0.237 e. The summed E-state index contributed by atoms with van der Waals surface area (Å²) >= 11 is 3.28. The van der Waals surface area contributed by atoms with Crippen molar-refractivity contribution >= 4 is 40.8 Å². The zero-order valence-electron chi connectivity index (χ0n) is 13.8.